The maximum atomic E-state index is 12.2. The molecular weight excluding hydrogens is 298 g/mol. The Hall–Kier alpha value is -2.67. The predicted molar refractivity (Wildman–Crippen MR) is 83.4 cm³/mol. The second kappa shape index (κ2) is 7.06. The van der Waals surface area contributed by atoms with Crippen molar-refractivity contribution in [3.8, 4) is 0 Å². The van der Waals surface area contributed by atoms with Crippen LogP contribution in [0.1, 0.15) is 25.2 Å². The fourth-order valence-corrected chi connectivity index (χ4v) is 1.88. The van der Waals surface area contributed by atoms with Crippen LogP contribution in [0.2, 0.25) is 0 Å². The first-order chi connectivity index (χ1) is 10.9. The molecule has 1 aromatic carbocycles. The Balaban J connectivity index is 1.81. The van der Waals surface area contributed by atoms with Crippen molar-refractivity contribution in [3.63, 3.8) is 0 Å². The number of benzene rings is 1. The van der Waals surface area contributed by atoms with Gasteiger partial charge in [-0.25, -0.2) is 5.48 Å². The Morgan fingerprint density at radius 2 is 1.96 bits per heavy atom. The number of hydroxylamine groups is 1. The minimum absolute atomic E-state index is 0.298. The fraction of sp³-hybridized carbons (Fsp3) is 0.312. The third-order valence-electron chi connectivity index (χ3n) is 3.33. The van der Waals surface area contributed by atoms with Crippen LogP contribution in [0.15, 0.2) is 40.9 Å². The molecule has 0 spiro atoms. The van der Waals surface area contributed by atoms with Crippen LogP contribution in [0.25, 0.3) is 0 Å². The third kappa shape index (κ3) is 4.40. The summed E-state index contributed by atoms with van der Waals surface area (Å²) in [7, 11) is 0. The summed E-state index contributed by atoms with van der Waals surface area (Å²) in [6, 6.07) is 10.9. The summed E-state index contributed by atoms with van der Waals surface area (Å²) >= 11 is 0. The number of rotatable bonds is 6. The smallest absolute Gasteiger partial charge is 0.254 e. The van der Waals surface area contributed by atoms with E-state index >= 15 is 0 Å². The summed E-state index contributed by atoms with van der Waals surface area (Å²) in [5.74, 6) is 0.0936. The highest BCUT2D eigenvalue weighted by atomic mass is 16.7. The minimum Gasteiger partial charge on any atom is -0.360 e. The molecule has 0 aliphatic carbocycles. The summed E-state index contributed by atoms with van der Waals surface area (Å²) in [5.41, 5.74) is 2.37. The molecule has 0 radical (unpaired) electrons. The molecule has 2 rings (SSSR count). The van der Waals surface area contributed by atoms with E-state index < -0.39 is 11.3 Å². The van der Waals surface area contributed by atoms with Crippen LogP contribution in [0.3, 0.4) is 0 Å². The Morgan fingerprint density at radius 1 is 1.26 bits per heavy atom. The molecule has 2 aromatic rings. The van der Waals surface area contributed by atoms with Gasteiger partial charge in [0.1, 0.15) is 5.76 Å². The van der Waals surface area contributed by atoms with Crippen molar-refractivity contribution in [2.75, 3.05) is 11.9 Å². The molecule has 2 N–H and O–H groups in total. The predicted octanol–water partition coefficient (Wildman–Crippen LogP) is 1.95. The molecule has 7 heteroatoms. The molecule has 0 saturated heterocycles. The molecule has 7 nitrogen and oxygen atoms in total. The van der Waals surface area contributed by atoms with Gasteiger partial charge in [-0.3, -0.25) is 14.4 Å². The summed E-state index contributed by atoms with van der Waals surface area (Å²) in [4.78, 5) is 28.8. The number of carbonyl (C=O) groups excluding carboxylic acids is 2. The van der Waals surface area contributed by atoms with Crippen LogP contribution < -0.4 is 10.8 Å². The fourth-order valence-electron chi connectivity index (χ4n) is 1.88. The van der Waals surface area contributed by atoms with Crippen molar-refractivity contribution < 1.29 is 18.9 Å². The SMILES string of the molecule is Cc1cc(NC(=O)CONC(=O)C(C)(C)c2ccccc2)no1. The zero-order valence-corrected chi connectivity index (χ0v) is 13.3. The number of hydrogen-bond donors (Lipinski definition) is 2. The molecule has 1 aromatic heterocycles. The van der Waals surface area contributed by atoms with Crippen molar-refractivity contribution in [1.29, 1.82) is 0 Å². The van der Waals surface area contributed by atoms with Crippen molar-refractivity contribution in [3.05, 3.63) is 47.7 Å². The minimum atomic E-state index is -0.777. The Morgan fingerprint density at radius 3 is 2.57 bits per heavy atom. The number of nitrogens with zero attached hydrogens (tertiary/aromatic N) is 1. The van der Waals surface area contributed by atoms with E-state index in [4.69, 9.17) is 9.36 Å². The van der Waals surface area contributed by atoms with E-state index in [1.165, 1.54) is 0 Å². The van der Waals surface area contributed by atoms with Crippen LogP contribution >= 0.6 is 0 Å². The van der Waals surface area contributed by atoms with E-state index in [9.17, 15) is 9.59 Å². The molecule has 0 atom stereocenters. The number of carbonyl (C=O) groups is 2. The van der Waals surface area contributed by atoms with Gasteiger partial charge in [0.25, 0.3) is 11.8 Å². The number of aromatic nitrogens is 1. The van der Waals surface area contributed by atoms with Crippen LogP contribution in [0.5, 0.6) is 0 Å². The van der Waals surface area contributed by atoms with E-state index in [1.807, 2.05) is 30.3 Å². The second-order valence-corrected chi connectivity index (χ2v) is 5.58. The molecule has 0 saturated carbocycles. The second-order valence-electron chi connectivity index (χ2n) is 5.58. The zero-order valence-electron chi connectivity index (χ0n) is 13.3. The molecule has 0 unspecified atom stereocenters. The van der Waals surface area contributed by atoms with Gasteiger partial charge in [0.05, 0.1) is 5.41 Å². The van der Waals surface area contributed by atoms with Crippen molar-refractivity contribution in [1.82, 2.24) is 10.6 Å². The van der Waals surface area contributed by atoms with E-state index in [0.717, 1.165) is 5.56 Å². The normalized spacial score (nSPS) is 11.1. The number of aryl methyl sites for hydroxylation is 1. The lowest BCUT2D eigenvalue weighted by Crippen LogP contribution is -2.41. The first kappa shape index (κ1) is 16.7. The third-order valence-corrected chi connectivity index (χ3v) is 3.33. The maximum absolute atomic E-state index is 12.2. The van der Waals surface area contributed by atoms with E-state index in [0.29, 0.717) is 11.6 Å². The molecular formula is C16H19N3O4. The molecule has 2 amide bonds. The first-order valence-electron chi connectivity index (χ1n) is 7.10. The van der Waals surface area contributed by atoms with Crippen LogP contribution in [-0.2, 0) is 19.8 Å². The van der Waals surface area contributed by atoms with Gasteiger partial charge in [0, 0.05) is 6.07 Å². The maximum Gasteiger partial charge on any atom is 0.254 e. The summed E-state index contributed by atoms with van der Waals surface area (Å²) < 4.78 is 4.83. The van der Waals surface area contributed by atoms with Gasteiger partial charge in [-0.1, -0.05) is 35.5 Å². The Labute approximate surface area is 133 Å². The summed E-state index contributed by atoms with van der Waals surface area (Å²) in [5, 5.41) is 6.11. The van der Waals surface area contributed by atoms with Crippen molar-refractivity contribution >= 4 is 17.6 Å². The van der Waals surface area contributed by atoms with Gasteiger partial charge < -0.3 is 9.84 Å². The number of anilines is 1. The topological polar surface area (TPSA) is 93.5 Å². The quantitative estimate of drug-likeness (QED) is 0.794. The molecule has 1 heterocycles. The lowest BCUT2D eigenvalue weighted by molar-refractivity contribution is -0.141. The van der Waals surface area contributed by atoms with Crippen LogP contribution in [0.4, 0.5) is 5.82 Å². The van der Waals surface area contributed by atoms with Gasteiger partial charge in [-0.15, -0.1) is 0 Å². The Bertz CT molecular complexity index is 680. The van der Waals surface area contributed by atoms with Gasteiger partial charge >= 0.3 is 0 Å². The molecule has 0 bridgehead atoms. The number of amides is 2. The van der Waals surface area contributed by atoms with Gasteiger partial charge in [0.15, 0.2) is 12.4 Å². The molecule has 0 fully saturated rings. The Kier molecular flexibility index (Phi) is 5.13. The highest BCUT2D eigenvalue weighted by molar-refractivity contribution is 5.91. The lowest BCUT2D eigenvalue weighted by atomic mass is 9.84. The largest absolute Gasteiger partial charge is 0.360 e. The number of hydrogen-bond acceptors (Lipinski definition) is 5. The summed E-state index contributed by atoms with van der Waals surface area (Å²) in [6.07, 6.45) is 0. The monoisotopic (exact) mass is 317 g/mol. The highest BCUT2D eigenvalue weighted by Crippen LogP contribution is 2.22. The van der Waals surface area contributed by atoms with E-state index in [1.54, 1.807) is 26.8 Å². The molecule has 0 aliphatic heterocycles. The standard InChI is InChI=1S/C16H19N3O4/c1-11-9-13(18-23-11)17-14(20)10-22-19-15(21)16(2,3)12-7-5-4-6-8-12/h4-9H,10H2,1-3H3,(H,19,21)(H,17,18,20). The van der Waals surface area contributed by atoms with Crippen molar-refractivity contribution in [2.45, 2.75) is 26.2 Å². The average molecular weight is 317 g/mol. The van der Waals surface area contributed by atoms with E-state index in [2.05, 4.69) is 16.0 Å². The summed E-state index contributed by atoms with van der Waals surface area (Å²) in [6.45, 7) is 4.94. The zero-order chi connectivity index (χ0) is 16.9. The van der Waals surface area contributed by atoms with Crippen LogP contribution in [-0.4, -0.2) is 23.6 Å². The van der Waals surface area contributed by atoms with Gasteiger partial charge in [-0.2, -0.15) is 0 Å². The molecule has 122 valence electrons. The lowest BCUT2D eigenvalue weighted by Gasteiger charge is -2.23. The van der Waals surface area contributed by atoms with Crippen molar-refractivity contribution in [2.24, 2.45) is 0 Å². The number of nitrogens with one attached hydrogen (secondary N) is 2. The highest BCUT2D eigenvalue weighted by Gasteiger charge is 2.29. The molecule has 23 heavy (non-hydrogen) atoms. The van der Waals surface area contributed by atoms with Gasteiger partial charge in [-0.05, 0) is 26.3 Å². The van der Waals surface area contributed by atoms with Gasteiger partial charge in [0.2, 0.25) is 0 Å². The average Bonchev–Trinajstić information content (AvgIpc) is 2.93. The first-order valence-corrected chi connectivity index (χ1v) is 7.10. The molecule has 0 aliphatic rings. The van der Waals surface area contributed by atoms with Crippen LogP contribution in [0, 0.1) is 6.92 Å². The van der Waals surface area contributed by atoms with E-state index in [-0.39, 0.29) is 12.5 Å².